The van der Waals surface area contributed by atoms with Crippen molar-refractivity contribution in [1.82, 2.24) is 0 Å². The fourth-order valence-corrected chi connectivity index (χ4v) is 2.80. The molecule has 2 aliphatic rings. The standard InChI is InChI=1S/C15H17/c1-10(2)14-7-6-13-8-11-4-3-5-12(11)9-15(13)14/h6-10H,3-5H2,1-2H3. The van der Waals surface area contributed by atoms with Gasteiger partial charge in [-0.3, -0.25) is 0 Å². The van der Waals surface area contributed by atoms with Gasteiger partial charge in [-0.2, -0.15) is 0 Å². The molecule has 0 saturated heterocycles. The molecule has 0 bridgehead atoms. The van der Waals surface area contributed by atoms with E-state index in [-0.39, 0.29) is 0 Å². The van der Waals surface area contributed by atoms with Crippen LogP contribution in [0.25, 0.3) is 6.08 Å². The Morgan fingerprint density at radius 1 is 1.00 bits per heavy atom. The molecule has 0 aliphatic heterocycles. The molecule has 2 aliphatic carbocycles. The molecule has 0 heterocycles. The van der Waals surface area contributed by atoms with Gasteiger partial charge in [-0.1, -0.05) is 38.1 Å². The first-order valence-corrected chi connectivity index (χ1v) is 5.97. The molecule has 1 radical (unpaired) electrons. The van der Waals surface area contributed by atoms with E-state index in [0.29, 0.717) is 5.92 Å². The number of allylic oxidation sites excluding steroid dienone is 1. The third-order valence-corrected chi connectivity index (χ3v) is 3.64. The number of rotatable bonds is 1. The molecule has 3 rings (SSSR count). The predicted molar refractivity (Wildman–Crippen MR) is 64.7 cm³/mol. The van der Waals surface area contributed by atoms with Crippen molar-refractivity contribution >= 4 is 6.08 Å². The molecule has 1 aromatic rings. The zero-order chi connectivity index (χ0) is 10.4. The van der Waals surface area contributed by atoms with Crippen molar-refractivity contribution in [3.8, 4) is 0 Å². The fraction of sp³-hybridized carbons (Fsp3) is 0.400. The van der Waals surface area contributed by atoms with Crippen LogP contribution in [0.1, 0.15) is 42.5 Å². The Morgan fingerprint density at radius 2 is 1.73 bits per heavy atom. The second-order valence-electron chi connectivity index (χ2n) is 5.01. The van der Waals surface area contributed by atoms with E-state index >= 15 is 0 Å². The highest BCUT2D eigenvalue weighted by atomic mass is 14.3. The van der Waals surface area contributed by atoms with E-state index in [1.54, 1.807) is 11.1 Å². The van der Waals surface area contributed by atoms with Crippen molar-refractivity contribution in [2.75, 3.05) is 0 Å². The molecule has 0 heteroatoms. The maximum atomic E-state index is 2.44. The van der Waals surface area contributed by atoms with Crippen LogP contribution in [0, 0.1) is 11.8 Å². The van der Waals surface area contributed by atoms with Gasteiger partial charge in [0.1, 0.15) is 0 Å². The van der Waals surface area contributed by atoms with E-state index in [4.69, 9.17) is 0 Å². The summed E-state index contributed by atoms with van der Waals surface area (Å²) in [5, 5.41) is 0. The molecule has 1 aromatic carbocycles. The minimum Gasteiger partial charge on any atom is -0.0719 e. The first-order valence-electron chi connectivity index (χ1n) is 5.97. The topological polar surface area (TPSA) is 0 Å². The smallest absolute Gasteiger partial charge is 0.0298 e. The first-order chi connectivity index (χ1) is 7.25. The van der Waals surface area contributed by atoms with Crippen LogP contribution in [0.5, 0.6) is 0 Å². The zero-order valence-corrected chi connectivity index (χ0v) is 9.51. The van der Waals surface area contributed by atoms with Crippen molar-refractivity contribution in [3.05, 3.63) is 46.4 Å². The van der Waals surface area contributed by atoms with Gasteiger partial charge in [-0.15, -0.1) is 0 Å². The van der Waals surface area contributed by atoms with E-state index < -0.39 is 0 Å². The molecule has 15 heavy (non-hydrogen) atoms. The third-order valence-electron chi connectivity index (χ3n) is 3.64. The van der Waals surface area contributed by atoms with Crippen LogP contribution in [-0.2, 0) is 12.8 Å². The Kier molecular flexibility index (Phi) is 1.98. The molecule has 0 aromatic heterocycles. The monoisotopic (exact) mass is 197 g/mol. The lowest BCUT2D eigenvalue weighted by molar-refractivity contribution is 0.724. The van der Waals surface area contributed by atoms with Crippen molar-refractivity contribution in [3.63, 3.8) is 0 Å². The van der Waals surface area contributed by atoms with Crippen molar-refractivity contribution in [1.29, 1.82) is 0 Å². The van der Waals surface area contributed by atoms with Crippen molar-refractivity contribution in [2.24, 2.45) is 5.92 Å². The van der Waals surface area contributed by atoms with Crippen LogP contribution < -0.4 is 0 Å². The number of hydrogen-bond acceptors (Lipinski definition) is 0. The lowest BCUT2D eigenvalue weighted by Crippen LogP contribution is -2.03. The minimum atomic E-state index is 0.641. The average Bonchev–Trinajstić information content (AvgIpc) is 2.77. The van der Waals surface area contributed by atoms with E-state index in [0.717, 1.165) is 0 Å². The molecular weight excluding hydrogens is 180 g/mol. The second kappa shape index (κ2) is 3.23. The van der Waals surface area contributed by atoms with Crippen LogP contribution in [0.3, 0.4) is 0 Å². The van der Waals surface area contributed by atoms with Gasteiger partial charge in [0.25, 0.3) is 0 Å². The number of benzene rings is 1. The largest absolute Gasteiger partial charge is 0.0719 e. The summed E-state index contributed by atoms with van der Waals surface area (Å²) in [6.45, 7) is 4.56. The highest BCUT2D eigenvalue weighted by Gasteiger charge is 2.23. The Morgan fingerprint density at radius 3 is 2.47 bits per heavy atom. The van der Waals surface area contributed by atoms with Gasteiger partial charge in [-0.25, -0.2) is 0 Å². The van der Waals surface area contributed by atoms with Gasteiger partial charge in [0.05, 0.1) is 0 Å². The summed E-state index contributed by atoms with van der Waals surface area (Å²) in [5.41, 5.74) is 6.11. The molecule has 0 N–H and O–H groups in total. The van der Waals surface area contributed by atoms with Crippen LogP contribution in [-0.4, -0.2) is 0 Å². The highest BCUT2D eigenvalue weighted by Crippen LogP contribution is 2.37. The molecule has 0 unspecified atom stereocenters. The van der Waals surface area contributed by atoms with Gasteiger partial charge >= 0.3 is 0 Å². The summed E-state index contributed by atoms with van der Waals surface area (Å²) < 4.78 is 0. The lowest BCUT2D eigenvalue weighted by atomic mass is 9.88. The van der Waals surface area contributed by atoms with E-state index in [9.17, 15) is 0 Å². The predicted octanol–water partition coefficient (Wildman–Crippen LogP) is 3.78. The Hall–Kier alpha value is -1.04. The van der Waals surface area contributed by atoms with Crippen molar-refractivity contribution < 1.29 is 0 Å². The lowest BCUT2D eigenvalue weighted by Gasteiger charge is -2.15. The summed E-state index contributed by atoms with van der Waals surface area (Å²) in [6.07, 6.45) is 8.49. The van der Waals surface area contributed by atoms with Gasteiger partial charge in [0.2, 0.25) is 0 Å². The molecule has 0 spiro atoms. The van der Waals surface area contributed by atoms with Gasteiger partial charge in [0, 0.05) is 5.92 Å². The normalized spacial score (nSPS) is 18.6. The number of fused-ring (bicyclic) bond motifs is 2. The summed E-state index contributed by atoms with van der Waals surface area (Å²) in [7, 11) is 0. The minimum absolute atomic E-state index is 0.641. The van der Waals surface area contributed by atoms with Crippen LogP contribution in [0.15, 0.2) is 18.2 Å². The maximum Gasteiger partial charge on any atom is 0.0298 e. The SMILES string of the molecule is CC(C)[C]1C=Cc2cc3c(cc21)CCC3. The second-order valence-corrected chi connectivity index (χ2v) is 5.01. The van der Waals surface area contributed by atoms with Gasteiger partial charge in [-0.05, 0) is 47.4 Å². The van der Waals surface area contributed by atoms with E-state index in [2.05, 4.69) is 38.1 Å². The van der Waals surface area contributed by atoms with Crippen LogP contribution in [0.2, 0.25) is 0 Å². The van der Waals surface area contributed by atoms with Crippen molar-refractivity contribution in [2.45, 2.75) is 33.1 Å². The molecule has 0 fully saturated rings. The fourth-order valence-electron chi connectivity index (χ4n) is 2.80. The molecular formula is C15H17. The summed E-state index contributed by atoms with van der Waals surface area (Å²) in [4.78, 5) is 0. The number of hydrogen-bond donors (Lipinski definition) is 0. The molecule has 0 saturated carbocycles. The average molecular weight is 197 g/mol. The van der Waals surface area contributed by atoms with Crippen LogP contribution >= 0.6 is 0 Å². The molecule has 77 valence electrons. The summed E-state index contributed by atoms with van der Waals surface area (Å²) >= 11 is 0. The Balaban J connectivity index is 2.09. The summed E-state index contributed by atoms with van der Waals surface area (Å²) in [6, 6.07) is 4.84. The Labute approximate surface area is 92.0 Å². The first kappa shape index (κ1) is 9.21. The molecule has 0 amide bonds. The number of aryl methyl sites for hydroxylation is 2. The highest BCUT2D eigenvalue weighted by molar-refractivity contribution is 5.70. The summed E-state index contributed by atoms with van der Waals surface area (Å²) in [5.74, 6) is 2.15. The van der Waals surface area contributed by atoms with Crippen LogP contribution in [0.4, 0.5) is 0 Å². The zero-order valence-electron chi connectivity index (χ0n) is 9.51. The molecule has 0 atom stereocenters. The quantitative estimate of drug-likeness (QED) is 0.642. The third kappa shape index (κ3) is 1.35. The van der Waals surface area contributed by atoms with E-state index in [1.807, 2.05) is 0 Å². The van der Waals surface area contributed by atoms with Gasteiger partial charge in [0.15, 0.2) is 0 Å². The Bertz CT molecular complexity index is 424. The van der Waals surface area contributed by atoms with Gasteiger partial charge < -0.3 is 0 Å². The maximum absolute atomic E-state index is 2.44. The molecule has 0 nitrogen and oxygen atoms in total. The van der Waals surface area contributed by atoms with E-state index in [1.165, 1.54) is 36.3 Å².